The summed E-state index contributed by atoms with van der Waals surface area (Å²) in [6.45, 7) is 0. The zero-order valence-corrected chi connectivity index (χ0v) is 11.4. The highest BCUT2D eigenvalue weighted by atomic mass is 79.9. The number of hydrogen-bond acceptors (Lipinski definition) is 1. The molecule has 0 aliphatic heterocycles. The van der Waals surface area contributed by atoms with E-state index in [0.29, 0.717) is 0 Å². The van der Waals surface area contributed by atoms with Gasteiger partial charge in [0.05, 0.1) is 6.42 Å². The van der Waals surface area contributed by atoms with Crippen LogP contribution in [0.25, 0.3) is 0 Å². The van der Waals surface area contributed by atoms with Crippen LogP contribution in [0.2, 0.25) is 0 Å². The molecule has 0 spiro atoms. The molecule has 1 amide bonds. The summed E-state index contributed by atoms with van der Waals surface area (Å²) in [5.74, 6) is -2.21. The second-order valence-corrected chi connectivity index (χ2v) is 4.90. The van der Waals surface area contributed by atoms with Gasteiger partial charge in [0, 0.05) is 16.2 Å². The van der Waals surface area contributed by atoms with Crippen molar-refractivity contribution in [3.63, 3.8) is 0 Å². The lowest BCUT2D eigenvalue weighted by Gasteiger charge is -2.06. The predicted octanol–water partition coefficient (Wildman–Crippen LogP) is 3.91. The molecular formula is C14H10BrF2NO. The van der Waals surface area contributed by atoms with Crippen LogP contribution in [0.1, 0.15) is 5.56 Å². The highest BCUT2D eigenvalue weighted by Gasteiger charge is 2.07. The Balaban J connectivity index is 2.03. The van der Waals surface area contributed by atoms with Gasteiger partial charge in [-0.3, -0.25) is 4.79 Å². The molecule has 0 fully saturated rings. The van der Waals surface area contributed by atoms with E-state index in [9.17, 15) is 13.6 Å². The molecule has 5 heteroatoms. The molecule has 2 aromatic rings. The van der Waals surface area contributed by atoms with E-state index >= 15 is 0 Å². The maximum atomic E-state index is 13.0. The number of halogens is 3. The first-order valence-corrected chi connectivity index (χ1v) is 6.33. The summed E-state index contributed by atoms with van der Waals surface area (Å²) in [7, 11) is 0. The molecule has 1 N–H and O–H groups in total. The van der Waals surface area contributed by atoms with Crippen molar-refractivity contribution in [3.05, 3.63) is 64.1 Å². The molecule has 2 aromatic carbocycles. The molecule has 0 unspecified atom stereocenters. The van der Waals surface area contributed by atoms with E-state index in [1.807, 2.05) is 24.3 Å². The first kappa shape index (κ1) is 13.7. The monoisotopic (exact) mass is 325 g/mol. The molecule has 0 aliphatic rings. The third-order valence-electron chi connectivity index (χ3n) is 2.46. The summed E-state index contributed by atoms with van der Waals surface area (Å²) in [4.78, 5) is 11.7. The van der Waals surface area contributed by atoms with E-state index in [-0.39, 0.29) is 18.0 Å². The van der Waals surface area contributed by atoms with Crippen LogP contribution in [0.4, 0.5) is 14.5 Å². The van der Waals surface area contributed by atoms with Gasteiger partial charge in [-0.15, -0.1) is 0 Å². The minimum Gasteiger partial charge on any atom is -0.326 e. The van der Waals surface area contributed by atoms with Gasteiger partial charge in [-0.2, -0.15) is 0 Å². The van der Waals surface area contributed by atoms with Gasteiger partial charge in [0.2, 0.25) is 5.91 Å². The zero-order valence-electron chi connectivity index (χ0n) is 9.79. The predicted molar refractivity (Wildman–Crippen MR) is 72.8 cm³/mol. The van der Waals surface area contributed by atoms with Crippen LogP contribution in [-0.4, -0.2) is 5.91 Å². The molecule has 19 heavy (non-hydrogen) atoms. The lowest BCUT2D eigenvalue weighted by molar-refractivity contribution is -0.115. The fraction of sp³-hybridized carbons (Fsp3) is 0.0714. The minimum absolute atomic E-state index is 0.165. The third-order valence-corrected chi connectivity index (χ3v) is 2.95. The molecule has 0 saturated carbocycles. The standard InChI is InChI=1S/C14H10BrF2NO/c15-10-3-1-2-9(6-10)7-14(19)18-11-4-5-12(16)13(17)8-11/h1-6,8H,7H2,(H,18,19). The van der Waals surface area contributed by atoms with E-state index in [1.54, 1.807) is 0 Å². The number of amides is 1. The number of hydrogen-bond donors (Lipinski definition) is 1. The highest BCUT2D eigenvalue weighted by Crippen LogP contribution is 2.15. The fourth-order valence-electron chi connectivity index (χ4n) is 1.61. The van der Waals surface area contributed by atoms with Gasteiger partial charge in [0.15, 0.2) is 11.6 Å². The van der Waals surface area contributed by atoms with Crippen molar-refractivity contribution in [1.82, 2.24) is 0 Å². The number of anilines is 1. The second-order valence-electron chi connectivity index (χ2n) is 3.98. The molecule has 98 valence electrons. The largest absolute Gasteiger partial charge is 0.326 e. The summed E-state index contributed by atoms with van der Waals surface area (Å²) in [6.07, 6.45) is 0.165. The Bertz CT molecular complexity index is 616. The number of benzene rings is 2. The Morgan fingerprint density at radius 1 is 1.11 bits per heavy atom. The van der Waals surface area contributed by atoms with Crippen LogP contribution in [0.5, 0.6) is 0 Å². The summed E-state index contributed by atoms with van der Waals surface area (Å²) in [5.41, 5.74) is 1.06. The smallest absolute Gasteiger partial charge is 0.228 e. The van der Waals surface area contributed by atoms with Gasteiger partial charge < -0.3 is 5.32 Å². The van der Waals surface area contributed by atoms with Gasteiger partial charge in [-0.1, -0.05) is 28.1 Å². The van der Waals surface area contributed by atoms with Crippen molar-refractivity contribution in [3.8, 4) is 0 Å². The van der Waals surface area contributed by atoms with Crippen molar-refractivity contribution in [2.45, 2.75) is 6.42 Å². The molecular weight excluding hydrogens is 316 g/mol. The average molecular weight is 326 g/mol. The molecule has 0 bridgehead atoms. The van der Waals surface area contributed by atoms with Crippen molar-refractivity contribution in [2.24, 2.45) is 0 Å². The van der Waals surface area contributed by atoms with Crippen LogP contribution in [0.3, 0.4) is 0 Å². The molecule has 0 atom stereocenters. The van der Waals surface area contributed by atoms with E-state index in [2.05, 4.69) is 21.2 Å². The maximum Gasteiger partial charge on any atom is 0.228 e. The quantitative estimate of drug-likeness (QED) is 0.910. The van der Waals surface area contributed by atoms with Crippen LogP contribution in [0, 0.1) is 11.6 Å². The topological polar surface area (TPSA) is 29.1 Å². The summed E-state index contributed by atoms with van der Waals surface area (Å²) < 4.78 is 26.6. The summed E-state index contributed by atoms with van der Waals surface area (Å²) in [6, 6.07) is 10.6. The van der Waals surface area contributed by atoms with E-state index < -0.39 is 11.6 Å². The molecule has 0 radical (unpaired) electrons. The van der Waals surface area contributed by atoms with E-state index in [4.69, 9.17) is 0 Å². The second kappa shape index (κ2) is 5.93. The zero-order chi connectivity index (χ0) is 13.8. The Hall–Kier alpha value is -1.75. The van der Waals surface area contributed by atoms with Crippen LogP contribution in [0.15, 0.2) is 46.9 Å². The summed E-state index contributed by atoms with van der Waals surface area (Å²) >= 11 is 3.31. The van der Waals surface area contributed by atoms with Gasteiger partial charge in [-0.25, -0.2) is 8.78 Å². The number of carbonyl (C=O) groups excluding carboxylic acids is 1. The van der Waals surface area contributed by atoms with E-state index in [1.165, 1.54) is 6.07 Å². The first-order chi connectivity index (χ1) is 9.04. The molecule has 0 aliphatic carbocycles. The minimum atomic E-state index is -0.986. The lowest BCUT2D eigenvalue weighted by Crippen LogP contribution is -2.14. The Kier molecular flexibility index (Phi) is 4.27. The average Bonchev–Trinajstić information content (AvgIpc) is 2.34. The fourth-order valence-corrected chi connectivity index (χ4v) is 2.06. The molecule has 2 rings (SSSR count). The maximum absolute atomic E-state index is 13.0. The number of carbonyl (C=O) groups is 1. The molecule has 0 aromatic heterocycles. The SMILES string of the molecule is O=C(Cc1cccc(Br)c1)Nc1ccc(F)c(F)c1. The van der Waals surface area contributed by atoms with Crippen molar-refractivity contribution >= 4 is 27.5 Å². The Labute approximate surface area is 117 Å². The lowest BCUT2D eigenvalue weighted by atomic mass is 10.1. The molecule has 0 heterocycles. The number of rotatable bonds is 3. The molecule has 2 nitrogen and oxygen atoms in total. The highest BCUT2D eigenvalue weighted by molar-refractivity contribution is 9.10. The van der Waals surface area contributed by atoms with Crippen molar-refractivity contribution < 1.29 is 13.6 Å². The van der Waals surface area contributed by atoms with Crippen LogP contribution in [-0.2, 0) is 11.2 Å². The van der Waals surface area contributed by atoms with E-state index in [0.717, 1.165) is 22.2 Å². The van der Waals surface area contributed by atoms with Gasteiger partial charge in [-0.05, 0) is 29.8 Å². The molecule has 0 saturated heterocycles. The van der Waals surface area contributed by atoms with Gasteiger partial charge >= 0.3 is 0 Å². The Morgan fingerprint density at radius 3 is 2.58 bits per heavy atom. The van der Waals surface area contributed by atoms with Crippen LogP contribution >= 0.6 is 15.9 Å². The summed E-state index contributed by atoms with van der Waals surface area (Å²) in [5, 5.41) is 2.52. The third kappa shape index (κ3) is 3.86. The van der Waals surface area contributed by atoms with Crippen molar-refractivity contribution in [1.29, 1.82) is 0 Å². The first-order valence-electron chi connectivity index (χ1n) is 5.54. The van der Waals surface area contributed by atoms with Gasteiger partial charge in [0.25, 0.3) is 0 Å². The normalized spacial score (nSPS) is 10.3. The van der Waals surface area contributed by atoms with Crippen molar-refractivity contribution in [2.75, 3.05) is 5.32 Å². The number of nitrogens with one attached hydrogen (secondary N) is 1. The van der Waals surface area contributed by atoms with Crippen LogP contribution < -0.4 is 5.32 Å². The Morgan fingerprint density at radius 2 is 1.89 bits per heavy atom. The van der Waals surface area contributed by atoms with Gasteiger partial charge in [0.1, 0.15) is 0 Å².